The van der Waals surface area contributed by atoms with Gasteiger partial charge < -0.3 is 10.6 Å². The van der Waals surface area contributed by atoms with Crippen molar-refractivity contribution in [2.75, 3.05) is 5.32 Å². The van der Waals surface area contributed by atoms with Crippen molar-refractivity contribution in [1.82, 2.24) is 10.2 Å². The van der Waals surface area contributed by atoms with Crippen LogP contribution in [0.3, 0.4) is 0 Å². The van der Waals surface area contributed by atoms with Gasteiger partial charge in [0.15, 0.2) is 5.11 Å². The molecule has 2 fully saturated rings. The molecule has 0 unspecified atom stereocenters. The molecule has 2 aliphatic heterocycles. The van der Waals surface area contributed by atoms with Gasteiger partial charge in [-0.3, -0.25) is 4.90 Å². The monoisotopic (exact) mass is 351 g/mol. The maximum absolute atomic E-state index is 5.51. The van der Waals surface area contributed by atoms with Crippen LogP contribution in [0.2, 0.25) is 0 Å². The minimum Gasteiger partial charge on any atom is -0.360 e. The summed E-state index contributed by atoms with van der Waals surface area (Å²) in [4.78, 5) is 2.71. The maximum Gasteiger partial charge on any atom is 0.170 e. The van der Waals surface area contributed by atoms with E-state index < -0.39 is 0 Å². The van der Waals surface area contributed by atoms with Gasteiger partial charge in [0.25, 0.3) is 0 Å². The van der Waals surface area contributed by atoms with E-state index in [-0.39, 0.29) is 0 Å². The Labute approximate surface area is 155 Å². The van der Waals surface area contributed by atoms with Gasteiger partial charge in [-0.2, -0.15) is 0 Å². The van der Waals surface area contributed by atoms with Crippen LogP contribution < -0.4 is 10.6 Å². The fraction of sp³-hybridized carbons (Fsp3) is 0.381. The first-order valence-electron chi connectivity index (χ1n) is 9.20. The number of fused-ring (bicyclic) bond motifs is 2. The van der Waals surface area contributed by atoms with Crippen LogP contribution in [-0.2, 0) is 6.54 Å². The average Bonchev–Trinajstić information content (AvgIpc) is 2.86. The van der Waals surface area contributed by atoms with Gasteiger partial charge in [-0.25, -0.2) is 0 Å². The number of hydrogen-bond acceptors (Lipinski definition) is 2. The molecule has 2 atom stereocenters. The summed E-state index contributed by atoms with van der Waals surface area (Å²) in [5.74, 6) is 0. The van der Waals surface area contributed by atoms with Crippen molar-refractivity contribution in [1.29, 1.82) is 0 Å². The van der Waals surface area contributed by atoms with Crippen molar-refractivity contribution in [2.24, 2.45) is 0 Å². The minimum absolute atomic E-state index is 0.480. The van der Waals surface area contributed by atoms with Crippen molar-refractivity contribution in [3.8, 4) is 0 Å². The van der Waals surface area contributed by atoms with Gasteiger partial charge in [-0.15, -0.1) is 0 Å². The number of benzene rings is 2. The summed E-state index contributed by atoms with van der Waals surface area (Å²) in [7, 11) is 0. The molecule has 0 aromatic heterocycles. The number of hydrogen-bond donors (Lipinski definition) is 2. The highest BCUT2D eigenvalue weighted by atomic mass is 32.1. The topological polar surface area (TPSA) is 27.3 Å². The quantitative estimate of drug-likeness (QED) is 0.809. The van der Waals surface area contributed by atoms with E-state index in [1.807, 2.05) is 30.3 Å². The second-order valence-electron chi connectivity index (χ2n) is 7.18. The molecule has 25 heavy (non-hydrogen) atoms. The van der Waals surface area contributed by atoms with Crippen molar-refractivity contribution >= 4 is 23.0 Å². The highest BCUT2D eigenvalue weighted by Crippen LogP contribution is 2.36. The lowest BCUT2D eigenvalue weighted by Crippen LogP contribution is -2.50. The lowest BCUT2D eigenvalue weighted by molar-refractivity contribution is 0.115. The molecule has 2 heterocycles. The third-order valence-corrected chi connectivity index (χ3v) is 5.68. The summed E-state index contributed by atoms with van der Waals surface area (Å²) in [5.41, 5.74) is 2.47. The molecule has 2 bridgehead atoms. The summed E-state index contributed by atoms with van der Waals surface area (Å²) in [6, 6.07) is 22.8. The van der Waals surface area contributed by atoms with Crippen LogP contribution in [0.1, 0.15) is 31.2 Å². The summed E-state index contributed by atoms with van der Waals surface area (Å²) in [5, 5.41) is 7.59. The van der Waals surface area contributed by atoms with Crippen LogP contribution in [0.4, 0.5) is 5.69 Å². The third-order valence-electron chi connectivity index (χ3n) is 5.46. The molecule has 0 spiro atoms. The fourth-order valence-electron chi connectivity index (χ4n) is 4.32. The second kappa shape index (κ2) is 7.54. The molecular formula is C21H25N3S. The number of piperidine rings is 1. The smallest absolute Gasteiger partial charge is 0.170 e. The van der Waals surface area contributed by atoms with E-state index in [1.54, 1.807) is 0 Å². The Morgan fingerprint density at radius 3 is 2.16 bits per heavy atom. The molecule has 2 aromatic rings. The minimum atomic E-state index is 0.480. The van der Waals surface area contributed by atoms with Crippen LogP contribution >= 0.6 is 12.2 Å². The zero-order valence-corrected chi connectivity index (χ0v) is 15.2. The molecule has 4 heteroatoms. The first-order valence-corrected chi connectivity index (χ1v) is 9.61. The van der Waals surface area contributed by atoms with Crippen LogP contribution in [0.5, 0.6) is 0 Å². The molecule has 0 aliphatic carbocycles. The second-order valence-corrected chi connectivity index (χ2v) is 7.58. The van der Waals surface area contributed by atoms with E-state index in [0.717, 1.165) is 17.3 Å². The Balaban J connectivity index is 1.33. The SMILES string of the molecule is S=C(Nc1ccccc1)NC1C[C@@H]2CC[C@@H](C1)N2Cc1ccccc1. The van der Waals surface area contributed by atoms with E-state index in [9.17, 15) is 0 Å². The lowest BCUT2D eigenvalue weighted by Gasteiger charge is -2.39. The predicted octanol–water partition coefficient (Wildman–Crippen LogP) is 4.17. The zero-order valence-electron chi connectivity index (χ0n) is 14.4. The summed E-state index contributed by atoms with van der Waals surface area (Å²) in [6.45, 7) is 1.08. The number of rotatable bonds is 4. The lowest BCUT2D eigenvalue weighted by atomic mass is 9.96. The highest BCUT2D eigenvalue weighted by molar-refractivity contribution is 7.80. The van der Waals surface area contributed by atoms with E-state index in [2.05, 4.69) is 45.9 Å². The van der Waals surface area contributed by atoms with Crippen molar-refractivity contribution < 1.29 is 0 Å². The Hall–Kier alpha value is -1.91. The molecule has 0 amide bonds. The standard InChI is InChI=1S/C21H25N3S/c25-21(22-17-9-5-2-6-10-17)23-18-13-19-11-12-20(14-18)24(19)15-16-7-3-1-4-8-16/h1-10,18-20H,11-15H2,(H2,22,23,25)/t19-,20-/m0/s1. The molecule has 3 nitrogen and oxygen atoms in total. The van der Waals surface area contributed by atoms with Gasteiger partial charge in [-0.05, 0) is 55.6 Å². The number of para-hydroxylation sites is 1. The van der Waals surface area contributed by atoms with E-state index >= 15 is 0 Å². The van der Waals surface area contributed by atoms with Crippen LogP contribution in [0, 0.1) is 0 Å². The largest absolute Gasteiger partial charge is 0.360 e. The van der Waals surface area contributed by atoms with Crippen molar-refractivity contribution in [2.45, 2.75) is 50.4 Å². The van der Waals surface area contributed by atoms with Crippen LogP contribution in [0.25, 0.3) is 0 Å². The molecule has 2 saturated heterocycles. The number of nitrogens with one attached hydrogen (secondary N) is 2. The first-order chi connectivity index (χ1) is 12.3. The molecule has 2 aliphatic rings. The summed E-state index contributed by atoms with van der Waals surface area (Å²) < 4.78 is 0. The molecular weight excluding hydrogens is 326 g/mol. The molecule has 4 rings (SSSR count). The van der Waals surface area contributed by atoms with Crippen molar-refractivity contribution in [3.63, 3.8) is 0 Å². The van der Waals surface area contributed by atoms with Crippen LogP contribution in [0.15, 0.2) is 60.7 Å². The molecule has 130 valence electrons. The Kier molecular flexibility index (Phi) is 4.99. The zero-order chi connectivity index (χ0) is 17.1. The number of anilines is 1. The summed E-state index contributed by atoms with van der Waals surface area (Å²) in [6.07, 6.45) is 4.99. The number of nitrogens with zero attached hydrogens (tertiary/aromatic N) is 1. The Bertz CT molecular complexity index is 690. The van der Waals surface area contributed by atoms with Gasteiger partial charge in [0, 0.05) is 30.4 Å². The Morgan fingerprint density at radius 2 is 1.52 bits per heavy atom. The third kappa shape index (κ3) is 4.02. The van der Waals surface area contributed by atoms with Gasteiger partial charge in [0.1, 0.15) is 0 Å². The maximum atomic E-state index is 5.51. The van der Waals surface area contributed by atoms with E-state index in [1.165, 1.54) is 31.2 Å². The van der Waals surface area contributed by atoms with Gasteiger partial charge in [0.2, 0.25) is 0 Å². The highest BCUT2D eigenvalue weighted by Gasteiger charge is 2.40. The molecule has 0 saturated carbocycles. The number of thiocarbonyl (C=S) groups is 1. The molecule has 0 radical (unpaired) electrons. The summed E-state index contributed by atoms with van der Waals surface area (Å²) >= 11 is 5.51. The van der Waals surface area contributed by atoms with E-state index in [4.69, 9.17) is 12.2 Å². The van der Waals surface area contributed by atoms with Gasteiger partial charge >= 0.3 is 0 Å². The predicted molar refractivity (Wildman–Crippen MR) is 108 cm³/mol. The van der Waals surface area contributed by atoms with Gasteiger partial charge in [-0.1, -0.05) is 48.5 Å². The van der Waals surface area contributed by atoms with Crippen molar-refractivity contribution in [3.05, 3.63) is 66.2 Å². The Morgan fingerprint density at radius 1 is 0.920 bits per heavy atom. The fourth-order valence-corrected chi connectivity index (χ4v) is 4.60. The first kappa shape index (κ1) is 16.6. The van der Waals surface area contributed by atoms with Crippen LogP contribution in [-0.4, -0.2) is 28.1 Å². The van der Waals surface area contributed by atoms with E-state index in [0.29, 0.717) is 18.1 Å². The van der Waals surface area contributed by atoms with Gasteiger partial charge in [0.05, 0.1) is 0 Å². The molecule has 2 aromatic carbocycles. The average molecular weight is 352 g/mol. The normalized spacial score (nSPS) is 25.5. The molecule has 2 N–H and O–H groups in total.